The monoisotopic (exact) mass is 382 g/mol. The van der Waals surface area contributed by atoms with Crippen LogP contribution in [0.25, 0.3) is 21.8 Å². The summed E-state index contributed by atoms with van der Waals surface area (Å²) in [7, 11) is 7.86. The van der Waals surface area contributed by atoms with Gasteiger partial charge >= 0.3 is 0 Å². The van der Waals surface area contributed by atoms with Crippen molar-refractivity contribution in [2.45, 2.75) is 0 Å². The van der Waals surface area contributed by atoms with Crippen LogP contribution >= 0.6 is 0 Å². The third kappa shape index (κ3) is 4.02. The highest BCUT2D eigenvalue weighted by molar-refractivity contribution is 5.93. The van der Waals surface area contributed by atoms with Gasteiger partial charge in [-0.25, -0.2) is 0 Å². The molecule has 8 heteroatoms. The van der Waals surface area contributed by atoms with Gasteiger partial charge in [-0.1, -0.05) is 0 Å². The van der Waals surface area contributed by atoms with Gasteiger partial charge in [0.15, 0.2) is 0 Å². The zero-order valence-corrected chi connectivity index (χ0v) is 16.7. The van der Waals surface area contributed by atoms with E-state index in [9.17, 15) is 9.59 Å². The first-order valence-electron chi connectivity index (χ1n) is 9.23. The van der Waals surface area contributed by atoms with Crippen LogP contribution < -0.4 is 21.6 Å². The molecule has 3 rings (SSSR count). The van der Waals surface area contributed by atoms with E-state index in [-0.39, 0.29) is 21.9 Å². The van der Waals surface area contributed by atoms with E-state index in [0.29, 0.717) is 34.6 Å². The zero-order chi connectivity index (χ0) is 20.3. The van der Waals surface area contributed by atoms with E-state index >= 15 is 0 Å². The average Bonchev–Trinajstić information content (AvgIpc) is 2.66. The molecule has 0 saturated carbocycles. The molecule has 0 fully saturated rings. The van der Waals surface area contributed by atoms with Crippen LogP contribution in [-0.4, -0.2) is 74.1 Å². The van der Waals surface area contributed by atoms with Crippen molar-refractivity contribution in [1.82, 2.24) is 19.8 Å². The average molecular weight is 382 g/mol. The second kappa shape index (κ2) is 8.45. The number of aromatic amines is 2. The summed E-state index contributed by atoms with van der Waals surface area (Å²) in [6, 6.07) is 3.57. The first-order valence-corrected chi connectivity index (χ1v) is 9.23. The number of fused-ring (bicyclic) bond motifs is 2. The van der Waals surface area contributed by atoms with Crippen LogP contribution in [0.2, 0.25) is 0 Å². The molecule has 0 unspecified atom stereocenters. The summed E-state index contributed by atoms with van der Waals surface area (Å²) < 4.78 is 0. The lowest BCUT2D eigenvalue weighted by molar-refractivity contribution is 0.419. The van der Waals surface area contributed by atoms with E-state index < -0.39 is 0 Å². The summed E-state index contributed by atoms with van der Waals surface area (Å²) in [6.45, 7) is 2.58. The molecule has 0 spiro atoms. The smallest absolute Gasteiger partial charge is 0.214 e. The van der Waals surface area contributed by atoms with Crippen LogP contribution in [0.5, 0.6) is 0 Å². The number of likely N-dealkylation sites (N-methyl/N-ethyl adjacent to an activating group) is 2. The molecule has 0 amide bonds. The van der Waals surface area contributed by atoms with Crippen molar-refractivity contribution in [2.75, 3.05) is 54.4 Å². The molecule has 0 aliphatic heterocycles. The predicted octanol–water partition coefficient (Wildman–Crippen LogP) is -0.268. The summed E-state index contributed by atoms with van der Waals surface area (Å²) in [5, 5.41) is 1.73. The molecule has 28 heavy (non-hydrogen) atoms. The Bertz CT molecular complexity index is 1130. The number of rotatable bonds is 6. The maximum absolute atomic E-state index is 13.2. The minimum atomic E-state index is -0.241. The maximum atomic E-state index is 13.2. The fourth-order valence-corrected chi connectivity index (χ4v) is 3.05. The van der Waals surface area contributed by atoms with Gasteiger partial charge in [0.05, 0.1) is 34.6 Å². The summed E-state index contributed by atoms with van der Waals surface area (Å²) >= 11 is 0. The number of aromatic nitrogens is 2. The molecule has 148 valence electrons. The van der Waals surface area contributed by atoms with Gasteiger partial charge in [0.1, 0.15) is 11.0 Å². The molecule has 0 aliphatic rings. The Hall–Kier alpha value is -2.84. The molecule has 0 radical (unpaired) electrons. The normalized spacial score (nSPS) is 13.5. The van der Waals surface area contributed by atoms with E-state index in [0.717, 1.165) is 13.1 Å². The second-order valence-corrected chi connectivity index (χ2v) is 7.25. The van der Waals surface area contributed by atoms with Crippen molar-refractivity contribution in [1.29, 1.82) is 0 Å². The standard InChI is InChI=1S/C20H26N6O2/c1-25(2)11-9-21-13-5-6-14(22-10-12-26(3)4)16-15(13)19(27)17-18(20(16)28)24-8-7-23-17/h5-8,23-24H,9-12H2,1-4H3. The quantitative estimate of drug-likeness (QED) is 0.574. The van der Waals surface area contributed by atoms with Crippen LogP contribution in [0, 0.1) is 0 Å². The van der Waals surface area contributed by atoms with Crippen molar-refractivity contribution < 1.29 is 0 Å². The van der Waals surface area contributed by atoms with E-state index in [1.54, 1.807) is 24.5 Å². The molecular formula is C20H26N6O2. The minimum absolute atomic E-state index is 0.241. The van der Waals surface area contributed by atoms with Crippen LogP contribution in [0.1, 0.15) is 0 Å². The summed E-state index contributed by atoms with van der Waals surface area (Å²) in [4.78, 5) is 45.4. The first kappa shape index (κ1) is 19.9. The topological polar surface area (TPSA) is 96.9 Å². The van der Waals surface area contributed by atoms with E-state index in [4.69, 9.17) is 0 Å². The number of nitrogens with one attached hydrogen (secondary N) is 2. The highest BCUT2D eigenvalue weighted by atomic mass is 16.1. The van der Waals surface area contributed by atoms with Gasteiger partial charge in [0, 0.05) is 25.5 Å². The Labute approximate surface area is 162 Å². The van der Waals surface area contributed by atoms with Crippen molar-refractivity contribution in [2.24, 2.45) is 9.98 Å². The van der Waals surface area contributed by atoms with Crippen LogP contribution in [0.4, 0.5) is 0 Å². The van der Waals surface area contributed by atoms with E-state index in [2.05, 4.69) is 20.0 Å². The molecule has 1 aromatic heterocycles. The molecule has 0 atom stereocenters. The van der Waals surface area contributed by atoms with E-state index in [1.807, 2.05) is 38.0 Å². The number of hydrogen-bond donors (Lipinski definition) is 2. The van der Waals surface area contributed by atoms with Gasteiger partial charge in [0.25, 0.3) is 0 Å². The molecule has 2 aromatic carbocycles. The molecule has 3 aromatic rings. The fourth-order valence-electron chi connectivity index (χ4n) is 3.05. The lowest BCUT2D eigenvalue weighted by Crippen LogP contribution is -2.28. The minimum Gasteiger partial charge on any atom is -0.355 e. The molecule has 8 nitrogen and oxygen atoms in total. The van der Waals surface area contributed by atoms with Crippen molar-refractivity contribution in [3.63, 3.8) is 0 Å². The van der Waals surface area contributed by atoms with Gasteiger partial charge < -0.3 is 19.8 Å². The van der Waals surface area contributed by atoms with Crippen molar-refractivity contribution in [3.05, 3.63) is 55.7 Å². The molecule has 0 saturated heterocycles. The second-order valence-electron chi connectivity index (χ2n) is 7.25. The highest BCUT2D eigenvalue weighted by Gasteiger charge is 2.14. The molecule has 1 heterocycles. The Morgan fingerprint density at radius 3 is 1.50 bits per heavy atom. The third-order valence-corrected chi connectivity index (χ3v) is 4.52. The third-order valence-electron chi connectivity index (χ3n) is 4.52. The molecule has 0 aliphatic carbocycles. The number of nitrogens with zero attached hydrogens (tertiary/aromatic N) is 4. The van der Waals surface area contributed by atoms with Gasteiger partial charge in [-0.05, 0) is 40.3 Å². The lowest BCUT2D eigenvalue weighted by Gasteiger charge is -2.07. The number of H-pyrrole nitrogens is 2. The zero-order valence-electron chi connectivity index (χ0n) is 16.7. The van der Waals surface area contributed by atoms with Crippen LogP contribution in [-0.2, 0) is 0 Å². The number of hydrogen-bond acceptors (Lipinski definition) is 6. The number of benzene rings is 2. The van der Waals surface area contributed by atoms with Crippen LogP contribution in [0.15, 0.2) is 44.1 Å². The van der Waals surface area contributed by atoms with Gasteiger partial charge in [-0.2, -0.15) is 0 Å². The molecular weight excluding hydrogens is 356 g/mol. The van der Waals surface area contributed by atoms with Crippen molar-refractivity contribution >= 4 is 21.8 Å². The Morgan fingerprint density at radius 2 is 1.14 bits per heavy atom. The SMILES string of the molecule is CN(C)CCN=c1ccc(=NCCN(C)C)c2c(=O)c3[nH]cc[nH]c3c(=O)c12. The summed E-state index contributed by atoms with van der Waals surface area (Å²) in [6.07, 6.45) is 3.20. The Morgan fingerprint density at radius 1 is 0.750 bits per heavy atom. The predicted molar refractivity (Wildman–Crippen MR) is 112 cm³/mol. The Balaban J connectivity index is 2.36. The fraction of sp³-hybridized carbons (Fsp3) is 0.400. The first-order chi connectivity index (χ1) is 13.4. The van der Waals surface area contributed by atoms with Crippen molar-refractivity contribution in [3.8, 4) is 0 Å². The van der Waals surface area contributed by atoms with Gasteiger partial charge in [-0.15, -0.1) is 0 Å². The van der Waals surface area contributed by atoms with Crippen LogP contribution in [0.3, 0.4) is 0 Å². The summed E-state index contributed by atoms with van der Waals surface area (Å²) in [5.74, 6) is 0. The van der Waals surface area contributed by atoms with Gasteiger partial charge in [0.2, 0.25) is 10.9 Å². The largest absolute Gasteiger partial charge is 0.355 e. The van der Waals surface area contributed by atoms with Gasteiger partial charge in [-0.3, -0.25) is 19.6 Å². The lowest BCUT2D eigenvalue weighted by atomic mass is 10.1. The Kier molecular flexibility index (Phi) is 6.01. The molecule has 0 bridgehead atoms. The molecule has 2 N–H and O–H groups in total. The highest BCUT2D eigenvalue weighted by Crippen LogP contribution is 2.03. The van der Waals surface area contributed by atoms with E-state index in [1.165, 1.54) is 0 Å². The summed E-state index contributed by atoms with van der Waals surface area (Å²) in [5.41, 5.74) is 0.0356. The maximum Gasteiger partial charge on any atom is 0.214 e.